The highest BCUT2D eigenvalue weighted by atomic mass is 19.3. The molecule has 2 aromatic heterocycles. The molecular formula is C38H53F2N9O2. The van der Waals surface area contributed by atoms with Crippen LogP contribution < -0.4 is 20.9 Å². The first-order valence-electron chi connectivity index (χ1n) is 19.1. The summed E-state index contributed by atoms with van der Waals surface area (Å²) in [6.07, 6.45) is 10.6. The summed E-state index contributed by atoms with van der Waals surface area (Å²) in [7, 11) is 3.50. The molecule has 0 spiro atoms. The summed E-state index contributed by atoms with van der Waals surface area (Å²) < 4.78 is 38.8. The Kier molecular flexibility index (Phi) is 9.90. The maximum atomic E-state index is 15.9. The standard InChI is InChI=1S/C38H53F2N9O2/c1-41-30-21-35(45-49-32(22-43-36(30)49)37(50)44-29-6-7-33(29)51-2)48-19-12-28-27(4-3-5-31(28)48)23-46-16-13-34(38(39,40)24-46)47-17-10-26(11-18-47)20-25-8-14-42-15-9-25/h3-5,21-22,25-26,29,33-34,41-42H,6-20,23-24H2,1-2H3,(H,44,50)/t29-,33-,34+/m1/s1. The predicted molar refractivity (Wildman–Crippen MR) is 194 cm³/mol. The second kappa shape index (κ2) is 14.6. The van der Waals surface area contributed by atoms with Crippen LogP contribution in [-0.4, -0.2) is 114 Å². The number of anilines is 3. The lowest BCUT2D eigenvalue weighted by Gasteiger charge is -2.46. The lowest BCUT2D eigenvalue weighted by molar-refractivity contribution is -0.134. The molecule has 3 saturated heterocycles. The van der Waals surface area contributed by atoms with E-state index >= 15 is 8.78 Å². The lowest BCUT2D eigenvalue weighted by atomic mass is 9.82. The average molecular weight is 706 g/mol. The first-order valence-corrected chi connectivity index (χ1v) is 19.1. The molecule has 1 aromatic carbocycles. The van der Waals surface area contributed by atoms with Gasteiger partial charge in [0, 0.05) is 45.5 Å². The van der Waals surface area contributed by atoms with Crippen LogP contribution in [-0.2, 0) is 17.7 Å². The molecule has 11 nitrogen and oxygen atoms in total. The number of fused-ring (bicyclic) bond motifs is 2. The van der Waals surface area contributed by atoms with Gasteiger partial charge in [0.2, 0.25) is 0 Å². The van der Waals surface area contributed by atoms with Crippen molar-refractivity contribution in [3.05, 3.63) is 47.3 Å². The molecule has 5 aliphatic rings. The van der Waals surface area contributed by atoms with E-state index in [1.165, 1.54) is 24.8 Å². The van der Waals surface area contributed by atoms with Gasteiger partial charge in [-0.3, -0.25) is 14.6 Å². The largest absolute Gasteiger partial charge is 0.385 e. The van der Waals surface area contributed by atoms with Gasteiger partial charge in [-0.25, -0.2) is 18.3 Å². The topological polar surface area (TPSA) is 102 Å². The van der Waals surface area contributed by atoms with E-state index in [2.05, 4.69) is 42.9 Å². The number of rotatable bonds is 10. The van der Waals surface area contributed by atoms with Crippen molar-refractivity contribution in [2.45, 2.75) is 88.4 Å². The van der Waals surface area contributed by atoms with E-state index < -0.39 is 12.0 Å². The molecule has 0 bridgehead atoms. The first kappa shape index (κ1) is 34.7. The number of imidazole rings is 1. The third-order valence-electron chi connectivity index (χ3n) is 12.4. The summed E-state index contributed by atoms with van der Waals surface area (Å²) in [5, 5.41) is 14.7. The molecule has 8 rings (SSSR count). The first-order chi connectivity index (χ1) is 24.8. The van der Waals surface area contributed by atoms with Gasteiger partial charge in [0.05, 0.1) is 36.6 Å². The highest BCUT2D eigenvalue weighted by Gasteiger charge is 2.48. The number of aromatic nitrogens is 3. The predicted octanol–water partition coefficient (Wildman–Crippen LogP) is 4.68. The van der Waals surface area contributed by atoms with Crippen molar-refractivity contribution in [1.29, 1.82) is 0 Å². The van der Waals surface area contributed by atoms with Gasteiger partial charge in [0.1, 0.15) is 0 Å². The number of nitrogens with zero attached hydrogens (tertiary/aromatic N) is 6. The van der Waals surface area contributed by atoms with Crippen molar-refractivity contribution in [3.8, 4) is 0 Å². The molecule has 3 aromatic rings. The second-order valence-corrected chi connectivity index (χ2v) is 15.5. The number of carbonyl (C=O) groups excluding carboxylic acids is 1. The maximum absolute atomic E-state index is 15.9. The lowest BCUT2D eigenvalue weighted by Crippen LogP contribution is -2.59. The van der Waals surface area contributed by atoms with E-state index in [0.29, 0.717) is 49.1 Å². The minimum Gasteiger partial charge on any atom is -0.385 e. The van der Waals surface area contributed by atoms with Crippen LogP contribution in [0.25, 0.3) is 5.65 Å². The highest BCUT2D eigenvalue weighted by molar-refractivity contribution is 5.94. The number of halogens is 2. The molecule has 6 heterocycles. The molecule has 1 amide bonds. The molecule has 1 aliphatic carbocycles. The van der Waals surface area contributed by atoms with Gasteiger partial charge in [-0.1, -0.05) is 12.1 Å². The van der Waals surface area contributed by atoms with Crippen molar-refractivity contribution in [2.24, 2.45) is 11.8 Å². The number of nitrogens with one attached hydrogen (secondary N) is 3. The third-order valence-corrected chi connectivity index (χ3v) is 12.4. The molecule has 51 heavy (non-hydrogen) atoms. The summed E-state index contributed by atoms with van der Waals surface area (Å²) in [5.74, 6) is -0.801. The fourth-order valence-electron chi connectivity index (χ4n) is 9.39. The third kappa shape index (κ3) is 6.94. The van der Waals surface area contributed by atoms with Gasteiger partial charge < -0.3 is 25.6 Å². The molecule has 4 aliphatic heterocycles. The van der Waals surface area contributed by atoms with Gasteiger partial charge in [0.25, 0.3) is 11.8 Å². The number of alkyl halides is 2. The number of hydrogen-bond donors (Lipinski definition) is 3. The minimum atomic E-state index is -2.75. The molecule has 276 valence electrons. The van der Waals surface area contributed by atoms with Crippen LogP contribution in [0.4, 0.5) is 26.0 Å². The summed E-state index contributed by atoms with van der Waals surface area (Å²) in [4.78, 5) is 24.1. The Labute approximate surface area is 299 Å². The molecule has 4 fully saturated rings. The van der Waals surface area contributed by atoms with E-state index in [0.717, 1.165) is 81.1 Å². The van der Waals surface area contributed by atoms with Crippen LogP contribution in [0.2, 0.25) is 0 Å². The van der Waals surface area contributed by atoms with Gasteiger partial charge >= 0.3 is 0 Å². The molecule has 3 atom stereocenters. The SMILES string of the molecule is CNc1cc(N2CCc3c(CN4CC[C@H](N5CCC(CC6CCNCC6)CC5)C(F)(F)C4)cccc32)nn2c(C(=O)N[C@@H]3CC[C@H]3OC)cnc12. The number of ether oxygens (including phenoxy) is 1. The summed E-state index contributed by atoms with van der Waals surface area (Å²) in [6.45, 7) is 5.50. The van der Waals surface area contributed by atoms with E-state index in [4.69, 9.17) is 9.84 Å². The highest BCUT2D eigenvalue weighted by Crippen LogP contribution is 2.40. The zero-order valence-corrected chi connectivity index (χ0v) is 30.1. The molecular weight excluding hydrogens is 652 g/mol. The zero-order valence-electron chi connectivity index (χ0n) is 30.1. The Morgan fingerprint density at radius 3 is 2.57 bits per heavy atom. The van der Waals surface area contributed by atoms with Crippen molar-refractivity contribution in [2.75, 3.05) is 70.2 Å². The fourth-order valence-corrected chi connectivity index (χ4v) is 9.39. The monoisotopic (exact) mass is 705 g/mol. The maximum Gasteiger partial charge on any atom is 0.275 e. The number of benzene rings is 1. The van der Waals surface area contributed by atoms with Crippen LogP contribution in [0.15, 0.2) is 30.5 Å². The molecule has 0 unspecified atom stereocenters. The van der Waals surface area contributed by atoms with Gasteiger partial charge in [-0.05, 0) is 113 Å². The van der Waals surface area contributed by atoms with Crippen LogP contribution in [0, 0.1) is 11.8 Å². The number of methoxy groups -OCH3 is 1. The van der Waals surface area contributed by atoms with Crippen LogP contribution in [0.5, 0.6) is 0 Å². The van der Waals surface area contributed by atoms with E-state index in [-0.39, 0.29) is 24.6 Å². The van der Waals surface area contributed by atoms with E-state index in [1.54, 1.807) is 17.8 Å². The van der Waals surface area contributed by atoms with Crippen molar-refractivity contribution >= 4 is 28.7 Å². The summed E-state index contributed by atoms with van der Waals surface area (Å²) in [5.41, 5.74) is 4.99. The zero-order chi connectivity index (χ0) is 35.1. The van der Waals surface area contributed by atoms with E-state index in [1.807, 2.05) is 24.1 Å². The minimum absolute atomic E-state index is 0.0223. The number of amides is 1. The number of piperidine rings is 3. The van der Waals surface area contributed by atoms with Crippen LogP contribution in [0.1, 0.15) is 73.0 Å². The fraction of sp³-hybridized carbons (Fsp3) is 0.658. The van der Waals surface area contributed by atoms with Crippen molar-refractivity contribution in [3.63, 3.8) is 0 Å². The smallest absolute Gasteiger partial charge is 0.275 e. The second-order valence-electron chi connectivity index (χ2n) is 15.5. The summed E-state index contributed by atoms with van der Waals surface area (Å²) in [6, 6.07) is 7.44. The molecule has 0 radical (unpaired) electrons. The molecule has 1 saturated carbocycles. The average Bonchev–Trinajstić information content (AvgIpc) is 3.76. The van der Waals surface area contributed by atoms with Gasteiger partial charge in [-0.15, -0.1) is 5.10 Å². The van der Waals surface area contributed by atoms with Crippen molar-refractivity contribution in [1.82, 2.24) is 35.0 Å². The molecule has 13 heteroatoms. The number of hydrogen-bond acceptors (Lipinski definition) is 9. The molecule has 3 N–H and O–H groups in total. The summed E-state index contributed by atoms with van der Waals surface area (Å²) >= 11 is 0. The van der Waals surface area contributed by atoms with Crippen molar-refractivity contribution < 1.29 is 18.3 Å². The Bertz CT molecular complexity index is 1700. The van der Waals surface area contributed by atoms with Crippen LogP contribution >= 0.6 is 0 Å². The Balaban J connectivity index is 0.933. The van der Waals surface area contributed by atoms with Gasteiger partial charge in [0.15, 0.2) is 17.2 Å². The Morgan fingerprint density at radius 2 is 1.84 bits per heavy atom. The number of likely N-dealkylation sites (tertiary alicyclic amines) is 2. The van der Waals surface area contributed by atoms with Crippen LogP contribution in [0.3, 0.4) is 0 Å². The quantitative estimate of drug-likeness (QED) is 0.278. The number of carbonyl (C=O) groups is 1. The Morgan fingerprint density at radius 1 is 1.04 bits per heavy atom. The Hall–Kier alpha value is -3.39. The normalized spacial score (nSPS) is 26.3. The van der Waals surface area contributed by atoms with Gasteiger partial charge in [-0.2, -0.15) is 0 Å². The van der Waals surface area contributed by atoms with E-state index in [9.17, 15) is 4.79 Å².